The van der Waals surface area contributed by atoms with E-state index in [1.165, 1.54) is 5.56 Å². The molecule has 0 heterocycles. The van der Waals surface area contributed by atoms with E-state index in [-0.39, 0.29) is 0 Å². The van der Waals surface area contributed by atoms with Gasteiger partial charge < -0.3 is 19.7 Å². The van der Waals surface area contributed by atoms with Crippen LogP contribution in [0.1, 0.15) is 24.5 Å². The number of hydrogen-bond acceptors (Lipinski definition) is 4. The third kappa shape index (κ3) is 6.98. The van der Waals surface area contributed by atoms with Crippen LogP contribution in [0.2, 0.25) is 0 Å². The summed E-state index contributed by atoms with van der Waals surface area (Å²) in [6.45, 7) is 6.00. The predicted octanol–water partition coefficient (Wildman–Crippen LogP) is 4.47. The van der Waals surface area contributed by atoms with Gasteiger partial charge in [0.15, 0.2) is 11.5 Å². The van der Waals surface area contributed by atoms with Crippen molar-refractivity contribution in [2.24, 2.45) is 0 Å². The number of rotatable bonds is 11. The van der Waals surface area contributed by atoms with E-state index in [1.807, 2.05) is 31.2 Å². The molecule has 2 rings (SSSR count). The molecule has 2 aromatic carbocycles. The summed E-state index contributed by atoms with van der Waals surface area (Å²) in [7, 11) is 4.19. The molecule has 0 bridgehead atoms. The zero-order valence-corrected chi connectivity index (χ0v) is 17.5. The monoisotopic (exact) mass is 420 g/mol. The van der Waals surface area contributed by atoms with E-state index in [0.717, 1.165) is 47.6 Å². The Labute approximate surface area is 165 Å². The Morgan fingerprint density at radius 1 is 1.04 bits per heavy atom. The summed E-state index contributed by atoms with van der Waals surface area (Å²) in [4.78, 5) is 2.20. The van der Waals surface area contributed by atoms with Crippen molar-refractivity contribution in [1.82, 2.24) is 10.2 Å². The molecule has 0 saturated carbocycles. The first-order valence-electron chi connectivity index (χ1n) is 9.07. The van der Waals surface area contributed by atoms with E-state index in [0.29, 0.717) is 13.2 Å². The molecule has 0 aliphatic heterocycles. The van der Waals surface area contributed by atoms with Crippen LogP contribution < -0.4 is 14.8 Å². The van der Waals surface area contributed by atoms with Crippen molar-refractivity contribution in [3.8, 4) is 11.5 Å². The van der Waals surface area contributed by atoms with Crippen molar-refractivity contribution in [1.29, 1.82) is 0 Å². The normalized spacial score (nSPS) is 11.0. The van der Waals surface area contributed by atoms with Crippen LogP contribution in [0.5, 0.6) is 11.5 Å². The molecule has 0 radical (unpaired) electrons. The summed E-state index contributed by atoms with van der Waals surface area (Å²) in [5, 5.41) is 3.49. The molecule has 0 unspecified atom stereocenters. The third-order valence-electron chi connectivity index (χ3n) is 3.92. The van der Waals surface area contributed by atoms with Crippen LogP contribution in [-0.2, 0) is 13.2 Å². The lowest BCUT2D eigenvalue weighted by Crippen LogP contribution is -2.21. The largest absolute Gasteiger partial charge is 0.490 e. The molecule has 0 saturated heterocycles. The van der Waals surface area contributed by atoms with Gasteiger partial charge in [-0.1, -0.05) is 46.3 Å². The summed E-state index contributed by atoms with van der Waals surface area (Å²) in [6, 6.07) is 14.2. The highest BCUT2D eigenvalue weighted by atomic mass is 79.9. The number of ether oxygens (including phenoxy) is 2. The first-order chi connectivity index (χ1) is 12.6. The van der Waals surface area contributed by atoms with E-state index in [9.17, 15) is 0 Å². The second-order valence-electron chi connectivity index (χ2n) is 6.43. The molecule has 142 valence electrons. The van der Waals surface area contributed by atoms with E-state index in [2.05, 4.69) is 58.4 Å². The van der Waals surface area contributed by atoms with Crippen LogP contribution in [-0.4, -0.2) is 38.7 Å². The SMILES string of the molecule is CCOc1cc(CNCCCN(C)C)c(Br)cc1OCc1ccccc1. The molecule has 0 atom stereocenters. The van der Waals surface area contributed by atoms with Gasteiger partial charge in [0.2, 0.25) is 0 Å². The Bertz CT molecular complexity index is 663. The average molecular weight is 421 g/mol. The van der Waals surface area contributed by atoms with Crippen LogP contribution in [0, 0.1) is 0 Å². The van der Waals surface area contributed by atoms with Gasteiger partial charge in [0.25, 0.3) is 0 Å². The van der Waals surface area contributed by atoms with E-state index in [1.54, 1.807) is 0 Å². The van der Waals surface area contributed by atoms with Gasteiger partial charge in [-0.05, 0) is 63.8 Å². The highest BCUT2D eigenvalue weighted by Crippen LogP contribution is 2.34. The maximum Gasteiger partial charge on any atom is 0.162 e. The fourth-order valence-electron chi connectivity index (χ4n) is 2.57. The standard InChI is InChI=1S/C21H29BrN2O2/c1-4-25-20-13-18(15-23-11-8-12-24(2)3)19(22)14-21(20)26-16-17-9-6-5-7-10-17/h5-7,9-10,13-14,23H,4,8,11-12,15-16H2,1-3H3. The molecule has 0 amide bonds. The molecule has 0 spiro atoms. The van der Waals surface area contributed by atoms with Crippen LogP contribution in [0.25, 0.3) is 0 Å². The average Bonchev–Trinajstić information content (AvgIpc) is 2.63. The number of nitrogens with zero attached hydrogens (tertiary/aromatic N) is 1. The Kier molecular flexibility index (Phi) is 8.95. The lowest BCUT2D eigenvalue weighted by atomic mass is 10.2. The molecule has 5 heteroatoms. The van der Waals surface area contributed by atoms with Gasteiger partial charge in [0.05, 0.1) is 6.61 Å². The van der Waals surface area contributed by atoms with Crippen molar-refractivity contribution < 1.29 is 9.47 Å². The van der Waals surface area contributed by atoms with Gasteiger partial charge in [-0.15, -0.1) is 0 Å². The molecule has 0 fully saturated rings. The summed E-state index contributed by atoms with van der Waals surface area (Å²) in [6.07, 6.45) is 1.13. The second-order valence-corrected chi connectivity index (χ2v) is 7.29. The molecular weight excluding hydrogens is 392 g/mol. The maximum atomic E-state index is 6.00. The van der Waals surface area contributed by atoms with Crippen LogP contribution in [0.3, 0.4) is 0 Å². The fraction of sp³-hybridized carbons (Fsp3) is 0.429. The molecule has 0 aliphatic carbocycles. The minimum Gasteiger partial charge on any atom is -0.490 e. The molecule has 2 aromatic rings. The van der Waals surface area contributed by atoms with Gasteiger partial charge in [-0.2, -0.15) is 0 Å². The van der Waals surface area contributed by atoms with Crippen molar-refractivity contribution in [3.63, 3.8) is 0 Å². The fourth-order valence-corrected chi connectivity index (χ4v) is 3.04. The summed E-state index contributed by atoms with van der Waals surface area (Å²) in [5.41, 5.74) is 2.31. The summed E-state index contributed by atoms with van der Waals surface area (Å²) in [5.74, 6) is 1.55. The lowest BCUT2D eigenvalue weighted by molar-refractivity contribution is 0.269. The van der Waals surface area contributed by atoms with Crippen molar-refractivity contribution >= 4 is 15.9 Å². The van der Waals surface area contributed by atoms with Crippen LogP contribution in [0.4, 0.5) is 0 Å². The van der Waals surface area contributed by atoms with Crippen LogP contribution in [0.15, 0.2) is 46.9 Å². The second kappa shape index (κ2) is 11.2. The van der Waals surface area contributed by atoms with Gasteiger partial charge in [-0.3, -0.25) is 0 Å². The lowest BCUT2D eigenvalue weighted by Gasteiger charge is -2.16. The first-order valence-corrected chi connectivity index (χ1v) is 9.86. The van der Waals surface area contributed by atoms with E-state index < -0.39 is 0 Å². The quantitative estimate of drug-likeness (QED) is 0.543. The molecule has 0 aromatic heterocycles. The molecule has 1 N–H and O–H groups in total. The van der Waals surface area contributed by atoms with Crippen molar-refractivity contribution in [3.05, 3.63) is 58.1 Å². The predicted molar refractivity (Wildman–Crippen MR) is 111 cm³/mol. The third-order valence-corrected chi connectivity index (χ3v) is 4.66. The van der Waals surface area contributed by atoms with E-state index >= 15 is 0 Å². The summed E-state index contributed by atoms with van der Waals surface area (Å²) < 4.78 is 12.8. The Morgan fingerprint density at radius 3 is 2.46 bits per heavy atom. The molecule has 0 aliphatic rings. The van der Waals surface area contributed by atoms with Crippen molar-refractivity contribution in [2.75, 3.05) is 33.8 Å². The first kappa shape index (κ1) is 20.7. The van der Waals surface area contributed by atoms with Gasteiger partial charge in [-0.25, -0.2) is 0 Å². The number of benzene rings is 2. The highest BCUT2D eigenvalue weighted by Gasteiger charge is 2.11. The zero-order valence-electron chi connectivity index (χ0n) is 15.9. The minimum atomic E-state index is 0.523. The number of hydrogen-bond donors (Lipinski definition) is 1. The van der Waals surface area contributed by atoms with E-state index in [4.69, 9.17) is 9.47 Å². The van der Waals surface area contributed by atoms with Gasteiger partial charge in [0.1, 0.15) is 6.61 Å². The minimum absolute atomic E-state index is 0.523. The highest BCUT2D eigenvalue weighted by molar-refractivity contribution is 9.10. The van der Waals surface area contributed by atoms with Crippen LogP contribution >= 0.6 is 15.9 Å². The van der Waals surface area contributed by atoms with Gasteiger partial charge >= 0.3 is 0 Å². The number of nitrogens with one attached hydrogen (secondary N) is 1. The van der Waals surface area contributed by atoms with Crippen molar-refractivity contribution in [2.45, 2.75) is 26.5 Å². The molecular formula is C21H29BrN2O2. The Morgan fingerprint density at radius 2 is 1.77 bits per heavy atom. The maximum absolute atomic E-state index is 6.00. The smallest absolute Gasteiger partial charge is 0.162 e. The van der Waals surface area contributed by atoms with Gasteiger partial charge in [0, 0.05) is 11.0 Å². The topological polar surface area (TPSA) is 33.7 Å². The number of halogens is 1. The Balaban J connectivity index is 1.99. The molecule has 4 nitrogen and oxygen atoms in total. The Hall–Kier alpha value is -1.56. The zero-order chi connectivity index (χ0) is 18.8. The molecule has 26 heavy (non-hydrogen) atoms. The summed E-state index contributed by atoms with van der Waals surface area (Å²) >= 11 is 3.67.